The lowest BCUT2D eigenvalue weighted by atomic mass is 10.0. The Kier molecular flexibility index (Phi) is 5.94. The number of aliphatic carboxylic acids is 1. The average Bonchev–Trinajstić information content (AvgIpc) is 2.32. The molecular weight excluding hydrogens is 328 g/mol. The van der Waals surface area contributed by atoms with Gasteiger partial charge in [0.1, 0.15) is 12.6 Å². The molecule has 0 aliphatic rings. The molecule has 2 N–H and O–H groups in total. The van der Waals surface area contributed by atoms with E-state index in [9.17, 15) is 14.4 Å². The molecule has 1 atom stereocenters. The molecule has 1 unspecified atom stereocenters. The summed E-state index contributed by atoms with van der Waals surface area (Å²) in [4.78, 5) is 34.4. The van der Waals surface area contributed by atoms with Crippen molar-refractivity contribution in [3.63, 3.8) is 0 Å². The fourth-order valence-corrected chi connectivity index (χ4v) is 2.09. The van der Waals surface area contributed by atoms with Crippen molar-refractivity contribution in [2.24, 2.45) is 5.92 Å². The Labute approximate surface area is 124 Å². The number of rotatable bonds is 6. The molecule has 0 aliphatic heterocycles. The van der Waals surface area contributed by atoms with Gasteiger partial charge in [0.2, 0.25) is 5.91 Å². The molecule has 0 radical (unpaired) electrons. The van der Waals surface area contributed by atoms with E-state index < -0.39 is 17.9 Å². The van der Waals surface area contributed by atoms with E-state index in [0.29, 0.717) is 10.9 Å². The Hall–Kier alpha value is -1.63. The Morgan fingerprint density at radius 2 is 2.05 bits per heavy atom. The van der Waals surface area contributed by atoms with E-state index in [2.05, 4.69) is 21.2 Å². The first-order chi connectivity index (χ1) is 9.29. The third-order valence-electron chi connectivity index (χ3n) is 2.60. The highest BCUT2D eigenvalue weighted by atomic mass is 79.9. The second-order valence-corrected chi connectivity index (χ2v) is 5.82. The summed E-state index contributed by atoms with van der Waals surface area (Å²) in [6, 6.07) is 1.97. The predicted molar refractivity (Wildman–Crippen MR) is 77.4 cm³/mol. The zero-order chi connectivity index (χ0) is 15.3. The van der Waals surface area contributed by atoms with E-state index in [1.807, 2.05) is 13.8 Å². The maximum absolute atomic E-state index is 11.8. The molecule has 0 fully saturated rings. The highest BCUT2D eigenvalue weighted by molar-refractivity contribution is 9.10. The average molecular weight is 345 g/mol. The van der Waals surface area contributed by atoms with Gasteiger partial charge in [-0.1, -0.05) is 13.8 Å². The van der Waals surface area contributed by atoms with Gasteiger partial charge in [-0.25, -0.2) is 4.79 Å². The zero-order valence-corrected chi connectivity index (χ0v) is 12.9. The first kappa shape index (κ1) is 16.4. The van der Waals surface area contributed by atoms with Crippen LogP contribution < -0.4 is 10.9 Å². The number of aromatic nitrogens is 1. The van der Waals surface area contributed by atoms with Gasteiger partial charge in [-0.15, -0.1) is 0 Å². The zero-order valence-electron chi connectivity index (χ0n) is 11.3. The molecule has 0 saturated carbocycles. The third-order valence-corrected chi connectivity index (χ3v) is 3.07. The van der Waals surface area contributed by atoms with Crippen LogP contribution in [0.1, 0.15) is 20.3 Å². The molecule has 0 aromatic carbocycles. The normalized spacial score (nSPS) is 12.2. The minimum Gasteiger partial charge on any atom is -0.480 e. The Morgan fingerprint density at radius 1 is 1.40 bits per heavy atom. The third kappa shape index (κ3) is 5.16. The second-order valence-electron chi connectivity index (χ2n) is 4.90. The smallest absolute Gasteiger partial charge is 0.326 e. The number of halogens is 1. The number of nitrogens with zero attached hydrogens (tertiary/aromatic N) is 1. The number of carbonyl (C=O) groups excluding carboxylic acids is 1. The van der Waals surface area contributed by atoms with Crippen molar-refractivity contribution in [1.29, 1.82) is 0 Å². The number of hydrogen-bond donors (Lipinski definition) is 2. The number of carboxylic acid groups (broad SMARTS) is 1. The van der Waals surface area contributed by atoms with Crippen LogP contribution in [0.2, 0.25) is 0 Å². The van der Waals surface area contributed by atoms with Crippen LogP contribution in [0.4, 0.5) is 0 Å². The number of amides is 1. The molecule has 6 nitrogen and oxygen atoms in total. The Morgan fingerprint density at radius 3 is 2.60 bits per heavy atom. The molecule has 1 rings (SSSR count). The number of hydrogen-bond acceptors (Lipinski definition) is 3. The van der Waals surface area contributed by atoms with Crippen LogP contribution in [0, 0.1) is 5.92 Å². The van der Waals surface area contributed by atoms with E-state index in [4.69, 9.17) is 5.11 Å². The maximum Gasteiger partial charge on any atom is 0.326 e. The van der Waals surface area contributed by atoms with Gasteiger partial charge in [0.05, 0.1) is 0 Å². The Bertz CT molecular complexity index is 554. The van der Waals surface area contributed by atoms with Crippen molar-refractivity contribution in [2.75, 3.05) is 0 Å². The highest BCUT2D eigenvalue weighted by Gasteiger charge is 2.21. The first-order valence-electron chi connectivity index (χ1n) is 6.17. The lowest BCUT2D eigenvalue weighted by Crippen LogP contribution is -2.43. The molecular formula is C13H17BrN2O4. The van der Waals surface area contributed by atoms with Crippen LogP contribution >= 0.6 is 15.9 Å². The lowest BCUT2D eigenvalue weighted by Gasteiger charge is -2.16. The largest absolute Gasteiger partial charge is 0.480 e. The molecule has 0 saturated heterocycles. The summed E-state index contributed by atoms with van der Waals surface area (Å²) in [5.74, 6) is -1.43. The summed E-state index contributed by atoms with van der Waals surface area (Å²) >= 11 is 3.21. The summed E-state index contributed by atoms with van der Waals surface area (Å²) in [5.41, 5.74) is -0.320. The molecule has 0 bridgehead atoms. The summed E-state index contributed by atoms with van der Waals surface area (Å²) in [7, 11) is 0. The fourth-order valence-electron chi connectivity index (χ4n) is 1.71. The van der Waals surface area contributed by atoms with Crippen molar-refractivity contribution < 1.29 is 14.7 Å². The van der Waals surface area contributed by atoms with E-state index in [1.165, 1.54) is 16.8 Å². The topological polar surface area (TPSA) is 88.4 Å². The molecule has 0 aliphatic carbocycles. The number of pyridine rings is 1. The van der Waals surface area contributed by atoms with Gasteiger partial charge < -0.3 is 15.0 Å². The molecule has 0 spiro atoms. The lowest BCUT2D eigenvalue weighted by molar-refractivity contribution is -0.142. The summed E-state index contributed by atoms with van der Waals surface area (Å²) in [6.07, 6.45) is 1.83. The van der Waals surface area contributed by atoms with Crippen LogP contribution in [-0.4, -0.2) is 27.6 Å². The molecule has 7 heteroatoms. The van der Waals surface area contributed by atoms with E-state index >= 15 is 0 Å². The van der Waals surface area contributed by atoms with Gasteiger partial charge >= 0.3 is 5.97 Å². The first-order valence-corrected chi connectivity index (χ1v) is 6.97. The predicted octanol–water partition coefficient (Wildman–Crippen LogP) is 1.23. The van der Waals surface area contributed by atoms with Crippen molar-refractivity contribution in [3.05, 3.63) is 33.2 Å². The van der Waals surface area contributed by atoms with Crippen molar-refractivity contribution in [1.82, 2.24) is 9.88 Å². The van der Waals surface area contributed by atoms with Crippen LogP contribution in [0.3, 0.4) is 0 Å². The van der Waals surface area contributed by atoms with Crippen LogP contribution in [-0.2, 0) is 16.1 Å². The van der Waals surface area contributed by atoms with Gasteiger partial charge in [-0.2, -0.15) is 0 Å². The number of carboxylic acids is 1. The summed E-state index contributed by atoms with van der Waals surface area (Å²) in [6.45, 7) is 3.54. The molecule has 1 aromatic rings. The number of nitrogens with one attached hydrogen (secondary N) is 1. The van der Waals surface area contributed by atoms with E-state index in [-0.39, 0.29) is 18.0 Å². The molecule has 1 amide bonds. The molecule has 1 heterocycles. The van der Waals surface area contributed by atoms with Crippen LogP contribution in [0.15, 0.2) is 27.6 Å². The van der Waals surface area contributed by atoms with E-state index in [0.717, 1.165) is 0 Å². The highest BCUT2D eigenvalue weighted by Crippen LogP contribution is 2.06. The molecule has 1 aromatic heterocycles. The van der Waals surface area contributed by atoms with Gasteiger partial charge in [0, 0.05) is 16.7 Å². The SMILES string of the molecule is CC(C)CC(NC(=O)Cn1cc(Br)ccc1=O)C(=O)O. The maximum atomic E-state index is 11.8. The summed E-state index contributed by atoms with van der Waals surface area (Å²) < 4.78 is 1.88. The minimum absolute atomic E-state index is 0.144. The minimum atomic E-state index is -1.08. The van der Waals surface area contributed by atoms with Gasteiger partial charge in [-0.3, -0.25) is 9.59 Å². The van der Waals surface area contributed by atoms with Gasteiger partial charge in [-0.05, 0) is 34.3 Å². The molecule has 110 valence electrons. The van der Waals surface area contributed by atoms with Crippen molar-refractivity contribution in [2.45, 2.75) is 32.9 Å². The fraction of sp³-hybridized carbons (Fsp3) is 0.462. The van der Waals surface area contributed by atoms with E-state index in [1.54, 1.807) is 6.07 Å². The van der Waals surface area contributed by atoms with Crippen LogP contribution in [0.5, 0.6) is 0 Å². The summed E-state index contributed by atoms with van der Waals surface area (Å²) in [5, 5.41) is 11.5. The van der Waals surface area contributed by atoms with Crippen molar-refractivity contribution >= 4 is 27.8 Å². The monoisotopic (exact) mass is 344 g/mol. The standard InChI is InChI=1S/C13H17BrN2O4/c1-8(2)5-10(13(19)20)15-11(17)7-16-6-9(14)3-4-12(16)18/h3-4,6,8,10H,5,7H2,1-2H3,(H,15,17)(H,19,20). The quantitative estimate of drug-likeness (QED) is 0.812. The van der Waals surface area contributed by atoms with Crippen molar-refractivity contribution in [3.8, 4) is 0 Å². The second kappa shape index (κ2) is 7.23. The van der Waals surface area contributed by atoms with Gasteiger partial charge in [0.15, 0.2) is 0 Å². The number of carbonyl (C=O) groups is 2. The van der Waals surface area contributed by atoms with Crippen LogP contribution in [0.25, 0.3) is 0 Å². The Balaban J connectivity index is 2.73. The van der Waals surface area contributed by atoms with Gasteiger partial charge in [0.25, 0.3) is 5.56 Å². The molecule has 20 heavy (non-hydrogen) atoms.